The third kappa shape index (κ3) is 3.77. The topological polar surface area (TPSA) is 86.8 Å². The fraction of sp³-hybridized carbons (Fsp3) is 0.385. The van der Waals surface area contributed by atoms with Crippen LogP contribution in [0.4, 0.5) is 0 Å². The first-order valence-electron chi connectivity index (χ1n) is 6.61. The zero-order valence-electron chi connectivity index (χ0n) is 11.4. The van der Waals surface area contributed by atoms with Crippen molar-refractivity contribution in [2.45, 2.75) is 19.0 Å². The first kappa shape index (κ1) is 15.4. The van der Waals surface area contributed by atoms with E-state index in [1.165, 1.54) is 0 Å². The van der Waals surface area contributed by atoms with Crippen molar-refractivity contribution in [3.8, 4) is 0 Å². The van der Waals surface area contributed by atoms with Crippen LogP contribution in [0.3, 0.4) is 0 Å². The molecule has 1 aromatic carbocycles. The maximum absolute atomic E-state index is 12.4. The first-order valence-corrected chi connectivity index (χ1v) is 6.61. The molecule has 2 aromatic rings. The lowest BCUT2D eigenvalue weighted by atomic mass is 10.0. The highest BCUT2D eigenvalue weighted by Crippen LogP contribution is 2.10. The number of aromatic nitrogens is 4. The summed E-state index contributed by atoms with van der Waals surface area (Å²) in [5.41, 5.74) is 1.15. The SMILES string of the molecule is Cl.O=C1[C@H](Cc2ccccc2)NCCN1Cc1nnn[nH]1. The molecule has 1 amide bonds. The number of aromatic amines is 1. The van der Waals surface area contributed by atoms with Gasteiger partial charge in [0.2, 0.25) is 5.91 Å². The van der Waals surface area contributed by atoms with Gasteiger partial charge in [0.25, 0.3) is 0 Å². The van der Waals surface area contributed by atoms with E-state index in [9.17, 15) is 4.79 Å². The van der Waals surface area contributed by atoms with Crippen LogP contribution in [0.2, 0.25) is 0 Å². The second kappa shape index (κ2) is 7.14. The quantitative estimate of drug-likeness (QED) is 0.840. The number of carbonyl (C=O) groups excluding carboxylic acids is 1. The van der Waals surface area contributed by atoms with Gasteiger partial charge in [-0.25, -0.2) is 5.10 Å². The van der Waals surface area contributed by atoms with Gasteiger partial charge in [-0.2, -0.15) is 0 Å². The van der Waals surface area contributed by atoms with Crippen LogP contribution in [0.1, 0.15) is 11.4 Å². The Hall–Kier alpha value is -1.99. The van der Waals surface area contributed by atoms with Crippen LogP contribution in [0.25, 0.3) is 0 Å². The van der Waals surface area contributed by atoms with E-state index < -0.39 is 0 Å². The first-order chi connectivity index (χ1) is 9.83. The van der Waals surface area contributed by atoms with E-state index in [0.29, 0.717) is 25.3 Å². The second-order valence-electron chi connectivity index (χ2n) is 4.80. The number of hydrogen-bond donors (Lipinski definition) is 2. The third-order valence-corrected chi connectivity index (χ3v) is 3.39. The predicted octanol–water partition coefficient (Wildman–Crippen LogP) is 0.165. The van der Waals surface area contributed by atoms with Gasteiger partial charge < -0.3 is 10.2 Å². The van der Waals surface area contributed by atoms with Gasteiger partial charge in [-0.1, -0.05) is 30.3 Å². The second-order valence-corrected chi connectivity index (χ2v) is 4.80. The van der Waals surface area contributed by atoms with Crippen molar-refractivity contribution in [2.75, 3.05) is 13.1 Å². The molecule has 1 atom stereocenters. The highest BCUT2D eigenvalue weighted by Gasteiger charge is 2.28. The van der Waals surface area contributed by atoms with E-state index in [1.54, 1.807) is 4.90 Å². The van der Waals surface area contributed by atoms with Crippen LogP contribution < -0.4 is 5.32 Å². The Morgan fingerprint density at radius 2 is 2.10 bits per heavy atom. The largest absolute Gasteiger partial charge is 0.332 e. The minimum atomic E-state index is -0.179. The van der Waals surface area contributed by atoms with E-state index in [2.05, 4.69) is 25.9 Å². The monoisotopic (exact) mass is 308 g/mol. The molecule has 0 unspecified atom stereocenters. The van der Waals surface area contributed by atoms with Crippen LogP contribution in [0, 0.1) is 0 Å². The molecule has 0 radical (unpaired) electrons. The molecule has 1 aromatic heterocycles. The van der Waals surface area contributed by atoms with Crippen molar-refractivity contribution in [1.29, 1.82) is 0 Å². The average Bonchev–Trinajstić information content (AvgIpc) is 2.97. The number of rotatable bonds is 4. The Labute approximate surface area is 128 Å². The van der Waals surface area contributed by atoms with Crippen LogP contribution in [0.5, 0.6) is 0 Å². The molecule has 3 rings (SSSR count). The molecule has 1 aliphatic rings. The molecule has 8 heteroatoms. The summed E-state index contributed by atoms with van der Waals surface area (Å²) < 4.78 is 0. The summed E-state index contributed by atoms with van der Waals surface area (Å²) in [5.74, 6) is 0.704. The van der Waals surface area contributed by atoms with Crippen LogP contribution in [-0.2, 0) is 17.8 Å². The van der Waals surface area contributed by atoms with Crippen molar-refractivity contribution in [1.82, 2.24) is 30.8 Å². The van der Waals surface area contributed by atoms with E-state index in [-0.39, 0.29) is 24.4 Å². The molecule has 112 valence electrons. The summed E-state index contributed by atoms with van der Waals surface area (Å²) in [4.78, 5) is 14.2. The van der Waals surface area contributed by atoms with Crippen molar-refractivity contribution in [2.24, 2.45) is 0 Å². The maximum atomic E-state index is 12.4. The van der Waals surface area contributed by atoms with E-state index >= 15 is 0 Å². The zero-order chi connectivity index (χ0) is 13.8. The molecule has 1 aliphatic heterocycles. The molecule has 0 saturated carbocycles. The van der Waals surface area contributed by atoms with Gasteiger partial charge in [0.15, 0.2) is 5.82 Å². The Bertz CT molecular complexity index is 561. The van der Waals surface area contributed by atoms with E-state index in [0.717, 1.165) is 12.1 Å². The molecular formula is C13H17ClN6O. The van der Waals surface area contributed by atoms with Crippen molar-refractivity contribution >= 4 is 18.3 Å². The van der Waals surface area contributed by atoms with Gasteiger partial charge in [0.05, 0.1) is 12.6 Å². The molecule has 7 nitrogen and oxygen atoms in total. The number of H-pyrrole nitrogens is 1. The Morgan fingerprint density at radius 1 is 1.29 bits per heavy atom. The highest BCUT2D eigenvalue weighted by molar-refractivity contribution is 5.85. The minimum Gasteiger partial charge on any atom is -0.332 e. The normalized spacial score (nSPS) is 18.4. The van der Waals surface area contributed by atoms with E-state index in [1.807, 2.05) is 30.3 Å². The zero-order valence-corrected chi connectivity index (χ0v) is 12.2. The maximum Gasteiger partial charge on any atom is 0.240 e. The fourth-order valence-corrected chi connectivity index (χ4v) is 2.38. The summed E-state index contributed by atoms with van der Waals surface area (Å²) >= 11 is 0. The van der Waals surface area contributed by atoms with Gasteiger partial charge in [-0.05, 0) is 22.4 Å². The summed E-state index contributed by atoms with van der Waals surface area (Å²) in [6, 6.07) is 9.84. The van der Waals surface area contributed by atoms with Crippen molar-refractivity contribution < 1.29 is 4.79 Å². The Balaban J connectivity index is 0.00000161. The number of tetrazole rings is 1. The highest BCUT2D eigenvalue weighted by atomic mass is 35.5. The van der Waals surface area contributed by atoms with Crippen molar-refractivity contribution in [3.63, 3.8) is 0 Å². The van der Waals surface area contributed by atoms with Gasteiger partial charge in [0, 0.05) is 13.1 Å². The van der Waals surface area contributed by atoms with Gasteiger partial charge in [0.1, 0.15) is 0 Å². The number of nitrogens with zero attached hydrogens (tertiary/aromatic N) is 4. The molecule has 2 heterocycles. The number of halogens is 1. The van der Waals surface area contributed by atoms with Gasteiger partial charge in [-0.3, -0.25) is 4.79 Å². The Kier molecular flexibility index (Phi) is 5.24. The lowest BCUT2D eigenvalue weighted by molar-refractivity contribution is -0.136. The smallest absolute Gasteiger partial charge is 0.240 e. The van der Waals surface area contributed by atoms with Crippen LogP contribution in [-0.4, -0.2) is 50.6 Å². The molecule has 0 bridgehead atoms. The lowest BCUT2D eigenvalue weighted by Crippen LogP contribution is -2.55. The predicted molar refractivity (Wildman–Crippen MR) is 78.8 cm³/mol. The molecule has 2 N–H and O–H groups in total. The molecule has 1 fully saturated rings. The third-order valence-electron chi connectivity index (χ3n) is 3.39. The van der Waals surface area contributed by atoms with Gasteiger partial charge >= 0.3 is 0 Å². The van der Waals surface area contributed by atoms with Crippen LogP contribution in [0.15, 0.2) is 30.3 Å². The number of benzene rings is 1. The minimum absolute atomic E-state index is 0. The molecule has 21 heavy (non-hydrogen) atoms. The summed E-state index contributed by atoms with van der Waals surface area (Å²) in [5, 5.41) is 16.8. The van der Waals surface area contributed by atoms with Gasteiger partial charge in [-0.15, -0.1) is 17.5 Å². The molecule has 1 saturated heterocycles. The number of piperazine rings is 1. The molecule has 0 aliphatic carbocycles. The fourth-order valence-electron chi connectivity index (χ4n) is 2.38. The van der Waals surface area contributed by atoms with E-state index in [4.69, 9.17) is 0 Å². The number of amides is 1. The van der Waals surface area contributed by atoms with Crippen molar-refractivity contribution in [3.05, 3.63) is 41.7 Å². The summed E-state index contributed by atoms with van der Waals surface area (Å²) in [6.07, 6.45) is 0.699. The number of nitrogens with one attached hydrogen (secondary N) is 2. The molecule has 0 spiro atoms. The molecular weight excluding hydrogens is 292 g/mol. The number of carbonyl (C=O) groups is 1. The van der Waals surface area contributed by atoms with Crippen LogP contribution >= 0.6 is 12.4 Å². The summed E-state index contributed by atoms with van der Waals surface area (Å²) in [7, 11) is 0. The Morgan fingerprint density at radius 3 is 2.81 bits per heavy atom. The number of hydrogen-bond acceptors (Lipinski definition) is 5. The standard InChI is InChI=1S/C13H16N6O.ClH/c20-13-11(8-10-4-2-1-3-5-10)14-6-7-19(13)9-12-15-17-18-16-12;/h1-5,11,14H,6-9H2,(H,15,16,17,18);1H/t11-;/m0./s1. The lowest BCUT2D eigenvalue weighted by Gasteiger charge is -2.32. The summed E-state index contributed by atoms with van der Waals surface area (Å²) in [6.45, 7) is 1.88. The average molecular weight is 309 g/mol.